The van der Waals surface area contributed by atoms with Gasteiger partial charge >= 0.3 is 0 Å². The van der Waals surface area contributed by atoms with Crippen molar-refractivity contribution in [3.8, 4) is 5.75 Å². The van der Waals surface area contributed by atoms with Crippen molar-refractivity contribution >= 4 is 27.5 Å². The molecular formula is C14H14BrN3O2. The van der Waals surface area contributed by atoms with Gasteiger partial charge in [-0.25, -0.2) is 4.98 Å². The van der Waals surface area contributed by atoms with Gasteiger partial charge in [-0.1, -0.05) is 12.1 Å². The van der Waals surface area contributed by atoms with Gasteiger partial charge in [-0.2, -0.15) is 0 Å². The maximum absolute atomic E-state index is 10.6. The summed E-state index contributed by atoms with van der Waals surface area (Å²) in [7, 11) is 0. The lowest BCUT2D eigenvalue weighted by Gasteiger charge is -2.08. The van der Waals surface area contributed by atoms with E-state index in [1.165, 1.54) is 0 Å². The lowest BCUT2D eigenvalue weighted by molar-refractivity contribution is -0.119. The average Bonchev–Trinajstić information content (AvgIpc) is 2.45. The standard InChI is InChI=1S/C14H14BrN3O2/c15-13-6-3-11(8-18-13)17-7-10-1-4-12(5-2-10)20-9-14(16)19/h1-6,8,17H,7,9H2,(H2,16,19). The van der Waals surface area contributed by atoms with Gasteiger partial charge in [0.1, 0.15) is 10.4 Å². The Morgan fingerprint density at radius 1 is 1.25 bits per heavy atom. The van der Waals surface area contributed by atoms with Gasteiger partial charge in [0.05, 0.1) is 11.9 Å². The van der Waals surface area contributed by atoms with E-state index in [0.29, 0.717) is 12.3 Å². The molecule has 1 aromatic carbocycles. The van der Waals surface area contributed by atoms with E-state index in [0.717, 1.165) is 15.9 Å². The minimum Gasteiger partial charge on any atom is -0.484 e. The molecule has 1 heterocycles. The molecule has 5 nitrogen and oxygen atoms in total. The first-order valence-corrected chi connectivity index (χ1v) is 6.78. The second-order valence-corrected chi connectivity index (χ2v) is 4.93. The molecule has 20 heavy (non-hydrogen) atoms. The number of hydrogen-bond acceptors (Lipinski definition) is 4. The van der Waals surface area contributed by atoms with E-state index in [1.807, 2.05) is 24.3 Å². The van der Waals surface area contributed by atoms with Gasteiger partial charge in [-0.05, 0) is 45.8 Å². The lowest BCUT2D eigenvalue weighted by Crippen LogP contribution is -2.19. The highest BCUT2D eigenvalue weighted by atomic mass is 79.9. The van der Waals surface area contributed by atoms with Crippen LogP contribution in [0.2, 0.25) is 0 Å². The molecule has 0 spiro atoms. The first kappa shape index (κ1) is 14.3. The minimum atomic E-state index is -0.488. The van der Waals surface area contributed by atoms with Gasteiger partial charge in [-0.15, -0.1) is 0 Å². The van der Waals surface area contributed by atoms with E-state index in [9.17, 15) is 4.79 Å². The Morgan fingerprint density at radius 3 is 2.60 bits per heavy atom. The smallest absolute Gasteiger partial charge is 0.255 e. The van der Waals surface area contributed by atoms with Crippen LogP contribution >= 0.6 is 15.9 Å². The number of primary amides is 1. The summed E-state index contributed by atoms with van der Waals surface area (Å²) < 4.78 is 5.99. The van der Waals surface area contributed by atoms with Gasteiger partial charge < -0.3 is 15.8 Å². The van der Waals surface area contributed by atoms with Crippen molar-refractivity contribution in [3.63, 3.8) is 0 Å². The van der Waals surface area contributed by atoms with E-state index in [1.54, 1.807) is 18.3 Å². The number of benzene rings is 1. The zero-order valence-electron chi connectivity index (χ0n) is 10.7. The first-order chi connectivity index (χ1) is 9.63. The fourth-order valence-electron chi connectivity index (χ4n) is 1.54. The molecule has 0 aliphatic heterocycles. The molecule has 0 unspecified atom stereocenters. The van der Waals surface area contributed by atoms with Crippen molar-refractivity contribution in [1.29, 1.82) is 0 Å². The van der Waals surface area contributed by atoms with Crippen LogP contribution in [0.4, 0.5) is 5.69 Å². The number of hydrogen-bond donors (Lipinski definition) is 2. The number of carbonyl (C=O) groups excluding carboxylic acids is 1. The normalized spacial score (nSPS) is 10.1. The summed E-state index contributed by atoms with van der Waals surface area (Å²) in [4.78, 5) is 14.7. The molecule has 1 amide bonds. The van der Waals surface area contributed by atoms with Crippen molar-refractivity contribution in [2.75, 3.05) is 11.9 Å². The number of ether oxygens (including phenoxy) is 1. The van der Waals surface area contributed by atoms with Gasteiger partial charge in [0.15, 0.2) is 6.61 Å². The molecule has 6 heteroatoms. The number of nitrogens with zero attached hydrogens (tertiary/aromatic N) is 1. The quantitative estimate of drug-likeness (QED) is 0.794. The highest BCUT2D eigenvalue weighted by Crippen LogP contribution is 2.14. The molecule has 104 valence electrons. The number of carbonyl (C=O) groups is 1. The fraction of sp³-hybridized carbons (Fsp3) is 0.143. The number of halogens is 1. The number of aromatic nitrogens is 1. The van der Waals surface area contributed by atoms with Gasteiger partial charge in [0.25, 0.3) is 5.91 Å². The van der Waals surface area contributed by atoms with Crippen LogP contribution < -0.4 is 15.8 Å². The van der Waals surface area contributed by atoms with Crippen LogP contribution in [0.3, 0.4) is 0 Å². The van der Waals surface area contributed by atoms with Gasteiger partial charge in [0, 0.05) is 6.54 Å². The third kappa shape index (κ3) is 4.55. The number of nitrogens with one attached hydrogen (secondary N) is 1. The molecule has 1 aromatic heterocycles. The molecule has 0 bridgehead atoms. The van der Waals surface area contributed by atoms with Crippen LogP contribution in [0.1, 0.15) is 5.56 Å². The lowest BCUT2D eigenvalue weighted by atomic mass is 10.2. The Kier molecular flexibility index (Phi) is 4.95. The summed E-state index contributed by atoms with van der Waals surface area (Å²) in [5, 5.41) is 3.26. The van der Waals surface area contributed by atoms with E-state index >= 15 is 0 Å². The largest absolute Gasteiger partial charge is 0.484 e. The summed E-state index contributed by atoms with van der Waals surface area (Å²) >= 11 is 3.29. The molecule has 0 saturated heterocycles. The molecule has 0 atom stereocenters. The summed E-state index contributed by atoms with van der Waals surface area (Å²) in [5.41, 5.74) is 7.05. The van der Waals surface area contributed by atoms with Crippen LogP contribution in [0, 0.1) is 0 Å². The second kappa shape index (κ2) is 6.91. The Balaban J connectivity index is 1.87. The molecule has 0 aliphatic rings. The Labute approximate surface area is 125 Å². The average molecular weight is 336 g/mol. The summed E-state index contributed by atoms with van der Waals surface area (Å²) in [6.07, 6.45) is 1.76. The van der Waals surface area contributed by atoms with E-state index < -0.39 is 5.91 Å². The minimum absolute atomic E-state index is 0.109. The third-order valence-corrected chi connectivity index (χ3v) is 3.00. The summed E-state index contributed by atoms with van der Waals surface area (Å²) in [6.45, 7) is 0.571. The van der Waals surface area contributed by atoms with Crippen molar-refractivity contribution in [1.82, 2.24) is 4.98 Å². The number of amides is 1. The number of pyridine rings is 1. The Morgan fingerprint density at radius 2 is 2.00 bits per heavy atom. The zero-order valence-corrected chi connectivity index (χ0v) is 12.3. The SMILES string of the molecule is NC(=O)COc1ccc(CNc2ccc(Br)nc2)cc1. The van der Waals surface area contributed by atoms with Gasteiger partial charge in [-0.3, -0.25) is 4.79 Å². The topological polar surface area (TPSA) is 77.2 Å². The second-order valence-electron chi connectivity index (χ2n) is 4.12. The number of nitrogens with two attached hydrogens (primary N) is 1. The maximum Gasteiger partial charge on any atom is 0.255 e. The molecule has 2 aromatic rings. The predicted octanol–water partition coefficient (Wildman–Crippen LogP) is 2.32. The summed E-state index contributed by atoms with van der Waals surface area (Å²) in [5.74, 6) is 0.135. The highest BCUT2D eigenvalue weighted by Gasteiger charge is 1.99. The Hall–Kier alpha value is -2.08. The van der Waals surface area contributed by atoms with Crippen LogP contribution in [0.15, 0.2) is 47.2 Å². The summed E-state index contributed by atoms with van der Waals surface area (Å²) in [6, 6.07) is 11.3. The fourth-order valence-corrected chi connectivity index (χ4v) is 1.78. The highest BCUT2D eigenvalue weighted by molar-refractivity contribution is 9.10. The van der Waals surface area contributed by atoms with Crippen molar-refractivity contribution in [2.45, 2.75) is 6.54 Å². The predicted molar refractivity (Wildman–Crippen MR) is 80.4 cm³/mol. The maximum atomic E-state index is 10.6. The van der Waals surface area contributed by atoms with Crippen molar-refractivity contribution < 1.29 is 9.53 Å². The zero-order chi connectivity index (χ0) is 14.4. The number of anilines is 1. The molecule has 0 aliphatic carbocycles. The van der Waals surface area contributed by atoms with E-state index in [4.69, 9.17) is 10.5 Å². The van der Waals surface area contributed by atoms with Crippen molar-refractivity contribution in [2.24, 2.45) is 5.73 Å². The van der Waals surface area contributed by atoms with E-state index in [2.05, 4.69) is 26.2 Å². The molecular weight excluding hydrogens is 322 g/mol. The molecule has 0 fully saturated rings. The van der Waals surface area contributed by atoms with Crippen molar-refractivity contribution in [3.05, 3.63) is 52.8 Å². The molecule has 3 N–H and O–H groups in total. The Bertz CT molecular complexity index is 570. The van der Waals surface area contributed by atoms with Crippen LogP contribution in [0.5, 0.6) is 5.75 Å². The molecule has 2 rings (SSSR count). The molecule has 0 saturated carbocycles. The van der Waals surface area contributed by atoms with Gasteiger partial charge in [0.2, 0.25) is 0 Å². The van der Waals surface area contributed by atoms with Crippen LogP contribution in [0.25, 0.3) is 0 Å². The van der Waals surface area contributed by atoms with Crippen LogP contribution in [-0.4, -0.2) is 17.5 Å². The van der Waals surface area contributed by atoms with E-state index in [-0.39, 0.29) is 6.61 Å². The third-order valence-electron chi connectivity index (χ3n) is 2.53. The number of rotatable bonds is 6. The molecule has 0 radical (unpaired) electrons. The van der Waals surface area contributed by atoms with Crippen LogP contribution in [-0.2, 0) is 11.3 Å². The monoisotopic (exact) mass is 335 g/mol. The first-order valence-electron chi connectivity index (χ1n) is 5.99.